The highest BCUT2D eigenvalue weighted by Crippen LogP contribution is 2.21. The molecule has 2 nitrogen and oxygen atoms in total. The third-order valence-corrected chi connectivity index (χ3v) is 4.87. The molecule has 0 spiro atoms. The zero-order valence-electron chi connectivity index (χ0n) is 16.3. The highest BCUT2D eigenvalue weighted by molar-refractivity contribution is 5.29. The highest BCUT2D eigenvalue weighted by atomic mass is 16.5. The number of benzene rings is 3. The van der Waals surface area contributed by atoms with Crippen LogP contribution in [0, 0.1) is 6.92 Å². The Balaban J connectivity index is 1.50. The van der Waals surface area contributed by atoms with Gasteiger partial charge in [-0.25, -0.2) is 0 Å². The molecule has 2 heteroatoms. The zero-order valence-corrected chi connectivity index (χ0v) is 16.3. The molecule has 1 atom stereocenters. The maximum atomic E-state index is 5.90. The molecule has 140 valence electrons. The van der Waals surface area contributed by atoms with Crippen LogP contribution in [0.3, 0.4) is 0 Å². The first-order valence-corrected chi connectivity index (χ1v) is 9.80. The Hall–Kier alpha value is -2.58. The lowest BCUT2D eigenvalue weighted by molar-refractivity contribution is 0.321. The van der Waals surface area contributed by atoms with Crippen molar-refractivity contribution in [1.82, 2.24) is 5.32 Å². The average molecular weight is 360 g/mol. The molecule has 0 aliphatic carbocycles. The summed E-state index contributed by atoms with van der Waals surface area (Å²) in [5.74, 6) is 0.933. The van der Waals surface area contributed by atoms with Gasteiger partial charge in [-0.05, 0) is 42.2 Å². The molecule has 1 unspecified atom stereocenters. The number of hydrogen-bond donors (Lipinski definition) is 1. The number of rotatable bonds is 9. The Kier molecular flexibility index (Phi) is 7.06. The van der Waals surface area contributed by atoms with Gasteiger partial charge >= 0.3 is 0 Å². The zero-order chi connectivity index (χ0) is 18.9. The number of ether oxygens (including phenoxy) is 1. The first kappa shape index (κ1) is 19.2. The van der Waals surface area contributed by atoms with E-state index in [0.29, 0.717) is 12.6 Å². The Morgan fingerprint density at radius 2 is 1.52 bits per heavy atom. The van der Waals surface area contributed by atoms with Crippen molar-refractivity contribution in [3.8, 4) is 5.75 Å². The van der Waals surface area contributed by atoms with E-state index in [2.05, 4.69) is 92.0 Å². The van der Waals surface area contributed by atoms with E-state index in [0.717, 1.165) is 25.1 Å². The SMILES string of the molecule is CCC(NCc1ccc(C)cc1)c1ccc(OCCc2ccccc2)cc1. The van der Waals surface area contributed by atoms with Gasteiger partial charge in [-0.15, -0.1) is 0 Å². The van der Waals surface area contributed by atoms with E-state index in [4.69, 9.17) is 4.74 Å². The topological polar surface area (TPSA) is 21.3 Å². The second-order valence-electron chi connectivity index (χ2n) is 6.98. The van der Waals surface area contributed by atoms with Crippen molar-refractivity contribution >= 4 is 0 Å². The van der Waals surface area contributed by atoms with Crippen LogP contribution in [0.4, 0.5) is 0 Å². The fourth-order valence-electron chi connectivity index (χ4n) is 3.17. The van der Waals surface area contributed by atoms with Crippen molar-refractivity contribution in [3.05, 3.63) is 101 Å². The van der Waals surface area contributed by atoms with Crippen LogP contribution in [0.25, 0.3) is 0 Å². The van der Waals surface area contributed by atoms with Crippen LogP contribution in [-0.4, -0.2) is 6.61 Å². The number of hydrogen-bond acceptors (Lipinski definition) is 2. The summed E-state index contributed by atoms with van der Waals surface area (Å²) in [7, 11) is 0. The lowest BCUT2D eigenvalue weighted by Gasteiger charge is -2.18. The van der Waals surface area contributed by atoms with Crippen LogP contribution in [0.2, 0.25) is 0 Å². The maximum absolute atomic E-state index is 5.90. The van der Waals surface area contributed by atoms with E-state index < -0.39 is 0 Å². The summed E-state index contributed by atoms with van der Waals surface area (Å²) in [6.45, 7) is 5.92. The Bertz CT molecular complexity index is 794. The van der Waals surface area contributed by atoms with Gasteiger partial charge in [0.15, 0.2) is 0 Å². The molecule has 0 amide bonds. The molecule has 27 heavy (non-hydrogen) atoms. The van der Waals surface area contributed by atoms with Crippen molar-refractivity contribution in [2.24, 2.45) is 0 Å². The van der Waals surface area contributed by atoms with E-state index in [1.165, 1.54) is 22.3 Å². The molecule has 1 N–H and O–H groups in total. The van der Waals surface area contributed by atoms with Crippen LogP contribution in [0.1, 0.15) is 41.6 Å². The lowest BCUT2D eigenvalue weighted by Crippen LogP contribution is -2.20. The van der Waals surface area contributed by atoms with Gasteiger partial charge in [-0.1, -0.05) is 79.2 Å². The van der Waals surface area contributed by atoms with E-state index in [1.807, 2.05) is 6.07 Å². The molecule has 0 aliphatic rings. The molecular weight excluding hydrogens is 330 g/mol. The van der Waals surface area contributed by atoms with Crippen molar-refractivity contribution in [3.63, 3.8) is 0 Å². The molecule has 0 saturated heterocycles. The fourth-order valence-corrected chi connectivity index (χ4v) is 3.17. The normalized spacial score (nSPS) is 11.9. The summed E-state index contributed by atoms with van der Waals surface area (Å²) in [6, 6.07) is 28.0. The Labute approximate surface area is 163 Å². The Morgan fingerprint density at radius 3 is 2.19 bits per heavy atom. The third-order valence-electron chi connectivity index (χ3n) is 4.87. The van der Waals surface area contributed by atoms with Gasteiger partial charge < -0.3 is 10.1 Å². The fraction of sp³-hybridized carbons (Fsp3) is 0.280. The molecule has 3 aromatic rings. The van der Waals surface area contributed by atoms with Crippen molar-refractivity contribution < 1.29 is 4.74 Å². The molecule has 0 bridgehead atoms. The van der Waals surface area contributed by atoms with Gasteiger partial charge in [0, 0.05) is 19.0 Å². The van der Waals surface area contributed by atoms with Gasteiger partial charge in [-0.2, -0.15) is 0 Å². The van der Waals surface area contributed by atoms with Crippen LogP contribution in [0.15, 0.2) is 78.9 Å². The minimum Gasteiger partial charge on any atom is -0.493 e. The predicted molar refractivity (Wildman–Crippen MR) is 113 cm³/mol. The molecule has 0 aliphatic heterocycles. The summed E-state index contributed by atoms with van der Waals surface area (Å²) in [6.07, 6.45) is 1.98. The van der Waals surface area contributed by atoms with E-state index in [9.17, 15) is 0 Å². The van der Waals surface area contributed by atoms with Crippen LogP contribution in [-0.2, 0) is 13.0 Å². The van der Waals surface area contributed by atoms with Crippen LogP contribution in [0.5, 0.6) is 5.75 Å². The summed E-state index contributed by atoms with van der Waals surface area (Å²) >= 11 is 0. The molecule has 0 saturated carbocycles. The molecule has 3 aromatic carbocycles. The smallest absolute Gasteiger partial charge is 0.119 e. The van der Waals surface area contributed by atoms with Crippen molar-refractivity contribution in [2.45, 2.75) is 39.3 Å². The average Bonchev–Trinajstić information content (AvgIpc) is 2.72. The second-order valence-corrected chi connectivity index (χ2v) is 6.98. The Morgan fingerprint density at radius 1 is 0.815 bits per heavy atom. The van der Waals surface area contributed by atoms with Gasteiger partial charge in [0.25, 0.3) is 0 Å². The first-order valence-electron chi connectivity index (χ1n) is 9.80. The largest absolute Gasteiger partial charge is 0.493 e. The van der Waals surface area contributed by atoms with Crippen LogP contribution >= 0.6 is 0 Å². The summed E-state index contributed by atoms with van der Waals surface area (Å²) in [4.78, 5) is 0. The number of aryl methyl sites for hydroxylation is 1. The molecule has 0 heterocycles. The molecule has 3 rings (SSSR count). The van der Waals surface area contributed by atoms with E-state index >= 15 is 0 Å². The van der Waals surface area contributed by atoms with E-state index in [-0.39, 0.29) is 0 Å². The first-order chi connectivity index (χ1) is 13.2. The van der Waals surface area contributed by atoms with Crippen molar-refractivity contribution in [2.75, 3.05) is 6.61 Å². The molecular formula is C25H29NO. The summed E-state index contributed by atoms with van der Waals surface area (Å²) < 4.78 is 5.90. The molecule has 0 radical (unpaired) electrons. The number of nitrogens with one attached hydrogen (secondary N) is 1. The van der Waals surface area contributed by atoms with Crippen molar-refractivity contribution in [1.29, 1.82) is 0 Å². The standard InChI is InChI=1S/C25H29NO/c1-3-25(26-19-22-11-9-20(2)10-12-22)23-13-15-24(16-14-23)27-18-17-21-7-5-4-6-8-21/h4-16,25-26H,3,17-19H2,1-2H3. The van der Waals surface area contributed by atoms with Gasteiger partial charge in [0.1, 0.15) is 5.75 Å². The van der Waals surface area contributed by atoms with E-state index in [1.54, 1.807) is 0 Å². The molecule has 0 aromatic heterocycles. The minimum absolute atomic E-state index is 0.352. The lowest BCUT2D eigenvalue weighted by atomic mass is 10.0. The minimum atomic E-state index is 0.352. The summed E-state index contributed by atoms with van der Waals surface area (Å²) in [5.41, 5.74) is 5.23. The van der Waals surface area contributed by atoms with Gasteiger partial charge in [-0.3, -0.25) is 0 Å². The quantitative estimate of drug-likeness (QED) is 0.517. The third kappa shape index (κ3) is 5.97. The molecule has 0 fully saturated rings. The van der Waals surface area contributed by atoms with Crippen LogP contribution < -0.4 is 10.1 Å². The highest BCUT2D eigenvalue weighted by Gasteiger charge is 2.09. The van der Waals surface area contributed by atoms with Gasteiger partial charge in [0.05, 0.1) is 6.61 Å². The summed E-state index contributed by atoms with van der Waals surface area (Å²) in [5, 5.41) is 3.66. The maximum Gasteiger partial charge on any atom is 0.119 e. The predicted octanol–water partition coefficient (Wildman–Crippen LogP) is 5.86. The van der Waals surface area contributed by atoms with Gasteiger partial charge in [0.2, 0.25) is 0 Å². The second kappa shape index (κ2) is 9.94. The monoisotopic (exact) mass is 359 g/mol.